The molecule has 1 aliphatic carbocycles. The lowest BCUT2D eigenvalue weighted by atomic mass is 9.85. The monoisotopic (exact) mass is 168 g/mol. The van der Waals surface area contributed by atoms with Gasteiger partial charge in [-0.2, -0.15) is 0 Å². The largest absolute Gasteiger partial charge is 0.466 e. The molecule has 1 aliphatic rings. The maximum atomic E-state index is 10.9. The van der Waals surface area contributed by atoms with Crippen molar-refractivity contribution in [1.29, 1.82) is 0 Å². The van der Waals surface area contributed by atoms with Crippen LogP contribution in [0.3, 0.4) is 0 Å². The molecule has 2 heteroatoms. The third kappa shape index (κ3) is 2.36. The number of carbonyl (C=O) groups is 1. The molecule has 0 aromatic heterocycles. The Kier molecular flexibility index (Phi) is 3.32. The van der Waals surface area contributed by atoms with E-state index in [1.807, 2.05) is 0 Å². The van der Waals surface area contributed by atoms with Crippen molar-refractivity contribution in [2.24, 2.45) is 5.92 Å². The Morgan fingerprint density at radius 2 is 2.33 bits per heavy atom. The Labute approximate surface area is 73.6 Å². The van der Waals surface area contributed by atoms with E-state index in [0.29, 0.717) is 5.92 Å². The molecular formula is C10H16O2. The second kappa shape index (κ2) is 4.29. The molecule has 2 nitrogen and oxygen atoms in total. The molecule has 1 saturated carbocycles. The van der Waals surface area contributed by atoms with Crippen molar-refractivity contribution in [1.82, 2.24) is 0 Å². The summed E-state index contributed by atoms with van der Waals surface area (Å²) >= 11 is 0. The molecule has 0 aromatic carbocycles. The minimum Gasteiger partial charge on any atom is -0.466 e. The molecule has 0 bridgehead atoms. The molecule has 12 heavy (non-hydrogen) atoms. The van der Waals surface area contributed by atoms with Gasteiger partial charge in [-0.15, -0.1) is 0 Å². The highest BCUT2D eigenvalue weighted by Crippen LogP contribution is 2.28. The first-order chi connectivity index (χ1) is 5.74. The minimum atomic E-state index is -0.209. The van der Waals surface area contributed by atoms with E-state index >= 15 is 0 Å². The smallest absolute Gasteiger partial charge is 0.330 e. The van der Waals surface area contributed by atoms with Gasteiger partial charge in [0, 0.05) is 6.08 Å². The average Bonchev–Trinajstić information content (AvgIpc) is 2.09. The summed E-state index contributed by atoms with van der Waals surface area (Å²) in [5.74, 6) is 0.358. The number of carbonyl (C=O) groups excluding carboxylic acids is 1. The topological polar surface area (TPSA) is 26.3 Å². The van der Waals surface area contributed by atoms with E-state index in [2.05, 4.69) is 11.7 Å². The molecule has 0 amide bonds. The standard InChI is InChI=1S/C10H16O2/c1-8-5-3-4-6-9(8)7-10(11)12-2/h7-8H,3-6H2,1-2H3/b9-7-. The van der Waals surface area contributed by atoms with Gasteiger partial charge in [-0.3, -0.25) is 0 Å². The van der Waals surface area contributed by atoms with Gasteiger partial charge in [0.1, 0.15) is 0 Å². The second-order valence-corrected chi connectivity index (χ2v) is 3.39. The Morgan fingerprint density at radius 1 is 1.58 bits per heavy atom. The first-order valence-electron chi connectivity index (χ1n) is 4.52. The highest BCUT2D eigenvalue weighted by molar-refractivity contribution is 5.82. The first-order valence-corrected chi connectivity index (χ1v) is 4.52. The van der Waals surface area contributed by atoms with Crippen molar-refractivity contribution in [2.45, 2.75) is 32.6 Å². The SMILES string of the molecule is COC(=O)/C=C1/CCCCC1C. The number of hydrogen-bond donors (Lipinski definition) is 0. The fraction of sp³-hybridized carbons (Fsp3) is 0.700. The molecule has 0 N–H and O–H groups in total. The third-order valence-corrected chi connectivity index (χ3v) is 2.49. The maximum Gasteiger partial charge on any atom is 0.330 e. The van der Waals surface area contributed by atoms with Crippen LogP contribution >= 0.6 is 0 Å². The Morgan fingerprint density at radius 3 is 2.92 bits per heavy atom. The predicted octanol–water partition coefficient (Wildman–Crippen LogP) is 2.30. The summed E-state index contributed by atoms with van der Waals surface area (Å²) < 4.78 is 4.59. The zero-order chi connectivity index (χ0) is 8.97. The maximum absolute atomic E-state index is 10.9. The number of rotatable bonds is 1. The Balaban J connectivity index is 2.58. The highest BCUT2D eigenvalue weighted by Gasteiger charge is 2.14. The van der Waals surface area contributed by atoms with Gasteiger partial charge < -0.3 is 4.74 Å². The van der Waals surface area contributed by atoms with Gasteiger partial charge in [0.15, 0.2) is 0 Å². The van der Waals surface area contributed by atoms with Crippen molar-refractivity contribution in [3.63, 3.8) is 0 Å². The zero-order valence-corrected chi connectivity index (χ0v) is 7.80. The zero-order valence-electron chi connectivity index (χ0n) is 7.80. The molecule has 0 spiro atoms. The van der Waals surface area contributed by atoms with E-state index < -0.39 is 0 Å². The molecule has 1 fully saturated rings. The number of esters is 1. The van der Waals surface area contributed by atoms with E-state index in [4.69, 9.17) is 0 Å². The number of allylic oxidation sites excluding steroid dienone is 1. The van der Waals surface area contributed by atoms with Crippen LogP contribution in [0, 0.1) is 5.92 Å². The van der Waals surface area contributed by atoms with Gasteiger partial charge in [-0.25, -0.2) is 4.79 Å². The molecule has 1 rings (SSSR count). The lowest BCUT2D eigenvalue weighted by Gasteiger charge is -2.20. The van der Waals surface area contributed by atoms with E-state index in [-0.39, 0.29) is 5.97 Å². The molecule has 0 aliphatic heterocycles. The summed E-state index contributed by atoms with van der Waals surface area (Å²) in [5.41, 5.74) is 1.26. The van der Waals surface area contributed by atoms with Gasteiger partial charge >= 0.3 is 5.97 Å². The minimum absolute atomic E-state index is 0.209. The number of ether oxygens (including phenoxy) is 1. The van der Waals surface area contributed by atoms with Crippen LogP contribution in [0.25, 0.3) is 0 Å². The number of methoxy groups -OCH3 is 1. The second-order valence-electron chi connectivity index (χ2n) is 3.39. The van der Waals surface area contributed by atoms with E-state index in [9.17, 15) is 4.79 Å². The molecule has 0 aromatic rings. The van der Waals surface area contributed by atoms with Crippen LogP contribution in [0.15, 0.2) is 11.6 Å². The molecule has 0 saturated heterocycles. The van der Waals surface area contributed by atoms with Crippen LogP contribution in [0.4, 0.5) is 0 Å². The quantitative estimate of drug-likeness (QED) is 0.443. The van der Waals surface area contributed by atoms with Gasteiger partial charge in [0.05, 0.1) is 7.11 Å². The van der Waals surface area contributed by atoms with Crippen molar-refractivity contribution >= 4 is 5.97 Å². The van der Waals surface area contributed by atoms with Crippen LogP contribution in [-0.2, 0) is 9.53 Å². The summed E-state index contributed by atoms with van der Waals surface area (Å²) in [6.45, 7) is 2.17. The van der Waals surface area contributed by atoms with E-state index in [1.54, 1.807) is 6.08 Å². The van der Waals surface area contributed by atoms with E-state index in [0.717, 1.165) is 6.42 Å². The highest BCUT2D eigenvalue weighted by atomic mass is 16.5. The van der Waals surface area contributed by atoms with Crippen LogP contribution in [0.2, 0.25) is 0 Å². The molecule has 1 unspecified atom stereocenters. The normalized spacial score (nSPS) is 27.2. The summed E-state index contributed by atoms with van der Waals surface area (Å²) in [7, 11) is 1.42. The average molecular weight is 168 g/mol. The Hall–Kier alpha value is -0.790. The van der Waals surface area contributed by atoms with Gasteiger partial charge in [0.2, 0.25) is 0 Å². The van der Waals surface area contributed by atoms with Crippen molar-refractivity contribution in [2.75, 3.05) is 7.11 Å². The molecule has 68 valence electrons. The van der Waals surface area contributed by atoms with Crippen LogP contribution in [0.5, 0.6) is 0 Å². The molecule has 0 radical (unpaired) electrons. The van der Waals surface area contributed by atoms with Gasteiger partial charge in [-0.1, -0.05) is 18.9 Å². The first kappa shape index (κ1) is 9.30. The molecule has 0 heterocycles. The van der Waals surface area contributed by atoms with Crippen LogP contribution in [0.1, 0.15) is 32.6 Å². The van der Waals surface area contributed by atoms with E-state index in [1.165, 1.54) is 31.9 Å². The molecule has 1 atom stereocenters. The molecular weight excluding hydrogens is 152 g/mol. The number of hydrogen-bond acceptors (Lipinski definition) is 2. The van der Waals surface area contributed by atoms with Gasteiger partial charge in [-0.05, 0) is 25.2 Å². The van der Waals surface area contributed by atoms with Gasteiger partial charge in [0.25, 0.3) is 0 Å². The summed E-state index contributed by atoms with van der Waals surface area (Å²) in [6.07, 6.45) is 6.44. The van der Waals surface area contributed by atoms with Crippen molar-refractivity contribution in [3.8, 4) is 0 Å². The summed E-state index contributed by atoms with van der Waals surface area (Å²) in [6, 6.07) is 0. The van der Waals surface area contributed by atoms with Crippen molar-refractivity contribution < 1.29 is 9.53 Å². The lowest BCUT2D eigenvalue weighted by Crippen LogP contribution is -2.08. The summed E-state index contributed by atoms with van der Waals surface area (Å²) in [4.78, 5) is 10.9. The van der Waals surface area contributed by atoms with Crippen LogP contribution < -0.4 is 0 Å². The Bertz CT molecular complexity index is 194. The fourth-order valence-electron chi connectivity index (χ4n) is 1.64. The lowest BCUT2D eigenvalue weighted by molar-refractivity contribution is -0.134. The fourth-order valence-corrected chi connectivity index (χ4v) is 1.64. The predicted molar refractivity (Wildman–Crippen MR) is 47.7 cm³/mol. The third-order valence-electron chi connectivity index (χ3n) is 2.49. The van der Waals surface area contributed by atoms with Crippen molar-refractivity contribution in [3.05, 3.63) is 11.6 Å². The van der Waals surface area contributed by atoms with Crippen LogP contribution in [-0.4, -0.2) is 13.1 Å². The summed E-state index contributed by atoms with van der Waals surface area (Å²) in [5, 5.41) is 0.